The Morgan fingerprint density at radius 1 is 1.36 bits per heavy atom. The molecular weight excluding hydrogens is 460 g/mol. The Morgan fingerprint density at radius 2 is 2.06 bits per heavy atom. The van der Waals surface area contributed by atoms with Gasteiger partial charge in [0.15, 0.2) is 0 Å². The molecule has 0 aromatic heterocycles. The molecular formula is C24H29ClN4O3S. The lowest BCUT2D eigenvalue weighted by atomic mass is 9.79. The zero-order valence-electron chi connectivity index (χ0n) is 19.3. The lowest BCUT2D eigenvalue weighted by molar-refractivity contribution is -0.384. The number of nitrogens with zero attached hydrogens (tertiary/aromatic N) is 3. The number of nitrogens with one attached hydrogen (secondary N) is 1. The summed E-state index contributed by atoms with van der Waals surface area (Å²) in [4.78, 5) is 25.6. The first kappa shape index (κ1) is 25.1. The molecule has 1 heterocycles. The Bertz CT molecular complexity index is 1060. The standard InChI is InChI=1S/C24H29ClN4O3S/c1-5-10-28-22-12-21(25)17(11-20(22)16(2)13-24(28,3)4)14-26-27-23(30)15-33-19-8-6-18(7-9-19)29(31)32/h6-9,11-12,14,16H,5,10,13,15H2,1-4H3,(H,27,30)/b26-14-. The van der Waals surface area contributed by atoms with E-state index in [9.17, 15) is 14.9 Å². The van der Waals surface area contributed by atoms with Crippen LogP contribution in [0, 0.1) is 10.1 Å². The van der Waals surface area contributed by atoms with Gasteiger partial charge in [-0.05, 0) is 62.4 Å². The highest BCUT2D eigenvalue weighted by atomic mass is 35.5. The molecule has 1 atom stereocenters. The van der Waals surface area contributed by atoms with Gasteiger partial charge in [-0.15, -0.1) is 11.8 Å². The Labute approximate surface area is 203 Å². The lowest BCUT2D eigenvalue weighted by Crippen LogP contribution is -2.48. The zero-order valence-corrected chi connectivity index (χ0v) is 20.9. The van der Waals surface area contributed by atoms with Crippen molar-refractivity contribution in [2.75, 3.05) is 17.2 Å². The fourth-order valence-electron chi connectivity index (χ4n) is 4.29. The topological polar surface area (TPSA) is 87.8 Å². The first-order chi connectivity index (χ1) is 15.6. The van der Waals surface area contributed by atoms with E-state index in [2.05, 4.69) is 49.2 Å². The van der Waals surface area contributed by atoms with Crippen molar-refractivity contribution in [3.8, 4) is 0 Å². The van der Waals surface area contributed by atoms with E-state index < -0.39 is 4.92 Å². The van der Waals surface area contributed by atoms with Gasteiger partial charge < -0.3 is 4.90 Å². The van der Waals surface area contributed by atoms with Gasteiger partial charge in [0.05, 0.1) is 21.9 Å². The molecule has 0 aliphatic carbocycles. The van der Waals surface area contributed by atoms with Gasteiger partial charge in [-0.1, -0.05) is 25.4 Å². The Morgan fingerprint density at radius 3 is 2.70 bits per heavy atom. The maximum Gasteiger partial charge on any atom is 0.269 e. The second kappa shape index (κ2) is 10.6. The molecule has 1 N–H and O–H groups in total. The summed E-state index contributed by atoms with van der Waals surface area (Å²) in [7, 11) is 0. The van der Waals surface area contributed by atoms with E-state index in [1.54, 1.807) is 18.3 Å². The molecule has 0 fully saturated rings. The van der Waals surface area contributed by atoms with Crippen LogP contribution in [0.3, 0.4) is 0 Å². The summed E-state index contributed by atoms with van der Waals surface area (Å²) in [6, 6.07) is 10.2. The maximum atomic E-state index is 12.1. The van der Waals surface area contributed by atoms with Gasteiger partial charge in [0.25, 0.3) is 5.69 Å². The fourth-order valence-corrected chi connectivity index (χ4v) is 5.18. The molecule has 0 bridgehead atoms. The third-order valence-electron chi connectivity index (χ3n) is 5.76. The second-order valence-electron chi connectivity index (χ2n) is 8.83. The van der Waals surface area contributed by atoms with E-state index in [0.29, 0.717) is 10.9 Å². The average molecular weight is 489 g/mol. The summed E-state index contributed by atoms with van der Waals surface area (Å²) in [5, 5.41) is 15.4. The molecule has 2 aromatic carbocycles. The van der Waals surface area contributed by atoms with Gasteiger partial charge in [-0.3, -0.25) is 14.9 Å². The minimum atomic E-state index is -0.454. The number of nitro groups is 1. The number of hydrogen-bond donors (Lipinski definition) is 1. The van der Waals surface area contributed by atoms with Crippen LogP contribution in [-0.4, -0.2) is 34.9 Å². The number of nitro benzene ring substituents is 1. The fraction of sp³-hybridized carbons (Fsp3) is 0.417. The molecule has 2 aromatic rings. The van der Waals surface area contributed by atoms with Crippen LogP contribution in [0.4, 0.5) is 11.4 Å². The van der Waals surface area contributed by atoms with Crippen molar-refractivity contribution >= 4 is 46.9 Å². The van der Waals surface area contributed by atoms with Crippen molar-refractivity contribution in [3.63, 3.8) is 0 Å². The largest absolute Gasteiger partial charge is 0.366 e. The van der Waals surface area contributed by atoms with Crippen molar-refractivity contribution in [3.05, 3.63) is 62.7 Å². The number of non-ortho nitro benzene ring substituents is 1. The van der Waals surface area contributed by atoms with Crippen molar-refractivity contribution in [2.45, 2.75) is 56.9 Å². The van der Waals surface area contributed by atoms with Gasteiger partial charge in [-0.25, -0.2) is 5.43 Å². The molecule has 9 heteroatoms. The number of amides is 1. The molecule has 176 valence electrons. The third kappa shape index (κ3) is 6.06. The maximum absolute atomic E-state index is 12.1. The van der Waals surface area contributed by atoms with Crippen LogP contribution >= 0.6 is 23.4 Å². The molecule has 7 nitrogen and oxygen atoms in total. The molecule has 0 spiro atoms. The Hall–Kier alpha value is -2.58. The first-order valence-corrected chi connectivity index (χ1v) is 12.3. The highest BCUT2D eigenvalue weighted by Gasteiger charge is 2.36. The SMILES string of the molecule is CCCN1c2cc(Cl)c(/C=N\NC(=O)CSc3ccc([N+](=O)[O-])cc3)cc2C(C)CC1(C)C. The summed E-state index contributed by atoms with van der Waals surface area (Å²) in [5.41, 5.74) is 5.79. The van der Waals surface area contributed by atoms with E-state index in [4.69, 9.17) is 11.6 Å². The zero-order chi connectivity index (χ0) is 24.2. The van der Waals surface area contributed by atoms with Crippen molar-refractivity contribution in [2.24, 2.45) is 5.10 Å². The van der Waals surface area contributed by atoms with E-state index in [-0.39, 0.29) is 22.9 Å². The predicted molar refractivity (Wildman–Crippen MR) is 136 cm³/mol. The monoisotopic (exact) mass is 488 g/mol. The number of carbonyl (C=O) groups excluding carboxylic acids is 1. The molecule has 1 unspecified atom stereocenters. The molecule has 3 rings (SSSR count). The summed E-state index contributed by atoms with van der Waals surface area (Å²) in [5.74, 6) is 0.263. The molecule has 0 radical (unpaired) electrons. The molecule has 0 saturated heterocycles. The van der Waals surface area contributed by atoms with Gasteiger partial charge in [-0.2, -0.15) is 5.10 Å². The average Bonchev–Trinajstić information content (AvgIpc) is 2.76. The number of thioether (sulfide) groups is 1. The number of anilines is 1. The first-order valence-electron chi connectivity index (χ1n) is 10.9. The van der Waals surface area contributed by atoms with Crippen LogP contribution in [-0.2, 0) is 4.79 Å². The van der Waals surface area contributed by atoms with Gasteiger partial charge in [0.2, 0.25) is 5.91 Å². The van der Waals surface area contributed by atoms with Gasteiger partial charge in [0.1, 0.15) is 0 Å². The van der Waals surface area contributed by atoms with Gasteiger partial charge in [0, 0.05) is 40.4 Å². The quantitative estimate of drug-likeness (QED) is 0.213. The molecule has 1 aliphatic rings. The molecule has 0 saturated carbocycles. The number of fused-ring (bicyclic) bond motifs is 1. The predicted octanol–water partition coefficient (Wildman–Crippen LogP) is 5.99. The summed E-state index contributed by atoms with van der Waals surface area (Å²) >= 11 is 7.86. The van der Waals surface area contributed by atoms with E-state index in [0.717, 1.165) is 29.8 Å². The van der Waals surface area contributed by atoms with E-state index >= 15 is 0 Å². The van der Waals surface area contributed by atoms with Gasteiger partial charge >= 0.3 is 0 Å². The van der Waals surface area contributed by atoms with Crippen molar-refractivity contribution in [1.29, 1.82) is 0 Å². The van der Waals surface area contributed by atoms with Crippen molar-refractivity contribution in [1.82, 2.24) is 5.43 Å². The smallest absolute Gasteiger partial charge is 0.269 e. The van der Waals surface area contributed by atoms with Crippen LogP contribution in [0.1, 0.15) is 57.6 Å². The Balaban J connectivity index is 1.65. The minimum Gasteiger partial charge on any atom is -0.366 e. The number of carbonyl (C=O) groups is 1. The molecule has 1 amide bonds. The third-order valence-corrected chi connectivity index (χ3v) is 7.10. The van der Waals surface area contributed by atoms with Crippen LogP contribution in [0.25, 0.3) is 0 Å². The number of benzene rings is 2. The van der Waals surface area contributed by atoms with Crippen LogP contribution in [0.15, 0.2) is 46.4 Å². The summed E-state index contributed by atoms with van der Waals surface area (Å²) < 4.78 is 0. The highest BCUT2D eigenvalue weighted by molar-refractivity contribution is 8.00. The normalized spacial score (nSPS) is 17.1. The summed E-state index contributed by atoms with van der Waals surface area (Å²) in [6.45, 7) is 9.93. The number of halogens is 1. The summed E-state index contributed by atoms with van der Waals surface area (Å²) in [6.07, 6.45) is 3.69. The van der Waals surface area contributed by atoms with Crippen molar-refractivity contribution < 1.29 is 9.72 Å². The number of rotatable bonds is 8. The number of hydrogen-bond acceptors (Lipinski definition) is 6. The molecule has 33 heavy (non-hydrogen) atoms. The van der Waals surface area contributed by atoms with E-state index in [1.165, 1.54) is 35.1 Å². The highest BCUT2D eigenvalue weighted by Crippen LogP contribution is 2.45. The lowest BCUT2D eigenvalue weighted by Gasteiger charge is -2.47. The Kier molecular flexibility index (Phi) is 8.02. The molecule has 1 aliphatic heterocycles. The second-order valence-corrected chi connectivity index (χ2v) is 10.3. The minimum absolute atomic E-state index is 0.0195. The van der Waals surface area contributed by atoms with Crippen LogP contribution in [0.2, 0.25) is 5.02 Å². The van der Waals surface area contributed by atoms with Crippen LogP contribution < -0.4 is 10.3 Å². The number of hydrazone groups is 1. The van der Waals surface area contributed by atoms with Crippen LogP contribution in [0.5, 0.6) is 0 Å². The van der Waals surface area contributed by atoms with E-state index in [1.807, 2.05) is 6.07 Å².